The van der Waals surface area contributed by atoms with Gasteiger partial charge < -0.3 is 5.11 Å². The first kappa shape index (κ1) is 13.5. The summed E-state index contributed by atoms with van der Waals surface area (Å²) in [6, 6.07) is 13.5. The minimum Gasteiger partial charge on any atom is -0.377 e. The summed E-state index contributed by atoms with van der Waals surface area (Å²) >= 11 is 0. The summed E-state index contributed by atoms with van der Waals surface area (Å²) in [7, 11) is 0. The highest BCUT2D eigenvalue weighted by atomic mass is 16.3. The van der Waals surface area contributed by atoms with Crippen molar-refractivity contribution in [3.05, 3.63) is 35.9 Å². The van der Waals surface area contributed by atoms with Gasteiger partial charge in [0.25, 0.3) is 0 Å². The molecule has 1 saturated heterocycles. The van der Waals surface area contributed by atoms with Gasteiger partial charge in [-0.05, 0) is 12.5 Å². The number of hydrogen-bond acceptors (Lipinski definition) is 5. The number of nitrogens with one attached hydrogen (secondary N) is 2. The number of nitriles is 2. The van der Waals surface area contributed by atoms with Gasteiger partial charge in [0.1, 0.15) is 12.1 Å². The van der Waals surface area contributed by atoms with Crippen molar-refractivity contribution in [2.75, 3.05) is 0 Å². The summed E-state index contributed by atoms with van der Waals surface area (Å²) in [6.07, 6.45) is -0.774. The Kier molecular flexibility index (Phi) is 4.13. The van der Waals surface area contributed by atoms with Crippen molar-refractivity contribution in [2.45, 2.75) is 25.1 Å². The Morgan fingerprint density at radius 1 is 1.16 bits per heavy atom. The zero-order valence-corrected chi connectivity index (χ0v) is 10.6. The molecule has 3 N–H and O–H groups in total. The Balaban J connectivity index is 2.41. The molecule has 5 nitrogen and oxygen atoms in total. The van der Waals surface area contributed by atoms with E-state index < -0.39 is 12.1 Å². The third-order valence-electron chi connectivity index (χ3n) is 3.64. The molecular weight excluding hydrogens is 240 g/mol. The predicted molar refractivity (Wildman–Crippen MR) is 69.1 cm³/mol. The van der Waals surface area contributed by atoms with Crippen molar-refractivity contribution >= 4 is 0 Å². The fourth-order valence-corrected chi connectivity index (χ4v) is 2.69. The van der Waals surface area contributed by atoms with Crippen LogP contribution in [0.5, 0.6) is 0 Å². The van der Waals surface area contributed by atoms with E-state index in [1.54, 1.807) is 0 Å². The van der Waals surface area contributed by atoms with Gasteiger partial charge in [-0.15, -0.1) is 0 Å². The Bertz CT molecular complexity index is 480. The lowest BCUT2D eigenvalue weighted by atomic mass is 9.75. The Hall–Kier alpha value is -1.92. The highest BCUT2D eigenvalue weighted by Crippen LogP contribution is 2.37. The SMILES string of the molecule is CC1NNC(O)C1C(c1ccccc1)C(C#N)C#N. The second kappa shape index (κ2) is 5.81. The number of rotatable bonds is 3. The van der Waals surface area contributed by atoms with Gasteiger partial charge >= 0.3 is 0 Å². The molecule has 2 rings (SSSR count). The zero-order chi connectivity index (χ0) is 13.8. The van der Waals surface area contributed by atoms with E-state index in [9.17, 15) is 15.6 Å². The van der Waals surface area contributed by atoms with Crippen LogP contribution in [0.3, 0.4) is 0 Å². The van der Waals surface area contributed by atoms with E-state index in [0.29, 0.717) is 0 Å². The van der Waals surface area contributed by atoms with E-state index in [1.165, 1.54) is 0 Å². The average molecular weight is 256 g/mol. The van der Waals surface area contributed by atoms with Crippen LogP contribution in [0, 0.1) is 34.5 Å². The maximum absolute atomic E-state index is 10.0. The Morgan fingerprint density at radius 2 is 1.79 bits per heavy atom. The van der Waals surface area contributed by atoms with Crippen molar-refractivity contribution in [1.82, 2.24) is 10.9 Å². The molecule has 5 heteroatoms. The number of hydrogen-bond donors (Lipinski definition) is 3. The quantitative estimate of drug-likeness (QED) is 0.746. The molecule has 1 fully saturated rings. The molecule has 19 heavy (non-hydrogen) atoms. The summed E-state index contributed by atoms with van der Waals surface area (Å²) in [6.45, 7) is 1.93. The first-order chi connectivity index (χ1) is 9.19. The summed E-state index contributed by atoms with van der Waals surface area (Å²) in [5.41, 5.74) is 6.61. The monoisotopic (exact) mass is 256 g/mol. The van der Waals surface area contributed by atoms with Crippen LogP contribution in [-0.4, -0.2) is 17.4 Å². The van der Waals surface area contributed by atoms with E-state index in [1.807, 2.05) is 49.4 Å². The number of aliphatic hydroxyl groups is 1. The third-order valence-corrected chi connectivity index (χ3v) is 3.64. The number of benzene rings is 1. The molecule has 98 valence electrons. The molecule has 1 heterocycles. The van der Waals surface area contributed by atoms with Crippen LogP contribution < -0.4 is 10.9 Å². The van der Waals surface area contributed by atoms with E-state index in [-0.39, 0.29) is 17.9 Å². The van der Waals surface area contributed by atoms with Gasteiger partial charge in [-0.25, -0.2) is 5.43 Å². The lowest BCUT2D eigenvalue weighted by molar-refractivity contribution is 0.0894. The molecule has 0 saturated carbocycles. The molecule has 0 amide bonds. The summed E-state index contributed by atoms with van der Waals surface area (Å²) < 4.78 is 0. The van der Waals surface area contributed by atoms with Crippen molar-refractivity contribution in [2.24, 2.45) is 11.8 Å². The van der Waals surface area contributed by atoms with E-state index >= 15 is 0 Å². The number of hydrazine groups is 1. The van der Waals surface area contributed by atoms with E-state index in [4.69, 9.17) is 0 Å². The standard InChI is InChI=1S/C14H16N4O/c1-9-12(14(19)18-17-9)13(11(7-15)8-16)10-5-3-2-4-6-10/h2-6,9,11-14,17-19H,1H3. The van der Waals surface area contributed by atoms with Gasteiger partial charge in [-0.2, -0.15) is 10.5 Å². The highest BCUT2D eigenvalue weighted by Gasteiger charge is 2.42. The largest absolute Gasteiger partial charge is 0.377 e. The van der Waals surface area contributed by atoms with E-state index in [0.717, 1.165) is 5.56 Å². The molecule has 1 aromatic rings. The molecule has 0 spiro atoms. The van der Waals surface area contributed by atoms with Gasteiger partial charge in [0, 0.05) is 17.9 Å². The summed E-state index contributed by atoms with van der Waals surface area (Å²) in [4.78, 5) is 0. The molecule has 0 aliphatic carbocycles. The van der Waals surface area contributed by atoms with E-state index in [2.05, 4.69) is 10.9 Å². The van der Waals surface area contributed by atoms with Crippen molar-refractivity contribution in [1.29, 1.82) is 10.5 Å². The maximum Gasteiger partial charge on any atom is 0.140 e. The summed E-state index contributed by atoms with van der Waals surface area (Å²) in [5, 5.41) is 28.4. The number of aliphatic hydroxyl groups excluding tert-OH is 1. The molecular formula is C14H16N4O. The van der Waals surface area contributed by atoms with Gasteiger partial charge in [0.2, 0.25) is 0 Å². The molecule has 0 bridgehead atoms. The lowest BCUT2D eigenvalue weighted by Crippen LogP contribution is -2.34. The van der Waals surface area contributed by atoms with Crippen LogP contribution in [0.2, 0.25) is 0 Å². The fraction of sp³-hybridized carbons (Fsp3) is 0.429. The molecule has 1 aliphatic heterocycles. The highest BCUT2D eigenvalue weighted by molar-refractivity contribution is 5.27. The van der Waals surface area contributed by atoms with Gasteiger partial charge in [0.05, 0.1) is 12.1 Å². The van der Waals surface area contributed by atoms with Crippen LogP contribution in [0.25, 0.3) is 0 Å². The van der Waals surface area contributed by atoms with Crippen molar-refractivity contribution in [3.63, 3.8) is 0 Å². The fourth-order valence-electron chi connectivity index (χ4n) is 2.69. The minimum atomic E-state index is -0.786. The third kappa shape index (κ3) is 2.59. The van der Waals surface area contributed by atoms with Crippen LogP contribution in [-0.2, 0) is 0 Å². The second-order valence-electron chi connectivity index (χ2n) is 4.77. The topological polar surface area (TPSA) is 91.9 Å². The molecule has 0 aromatic heterocycles. The molecule has 0 radical (unpaired) electrons. The van der Waals surface area contributed by atoms with Crippen LogP contribution in [0.1, 0.15) is 18.4 Å². The Morgan fingerprint density at radius 3 is 2.26 bits per heavy atom. The van der Waals surface area contributed by atoms with Crippen LogP contribution in [0.15, 0.2) is 30.3 Å². The first-order valence-corrected chi connectivity index (χ1v) is 6.22. The van der Waals surface area contributed by atoms with Crippen molar-refractivity contribution in [3.8, 4) is 12.1 Å². The van der Waals surface area contributed by atoms with Crippen molar-refractivity contribution < 1.29 is 5.11 Å². The average Bonchev–Trinajstić information content (AvgIpc) is 2.77. The van der Waals surface area contributed by atoms with Crippen LogP contribution >= 0.6 is 0 Å². The molecule has 4 unspecified atom stereocenters. The molecule has 1 aromatic carbocycles. The predicted octanol–water partition coefficient (Wildman–Crippen LogP) is 0.864. The minimum absolute atomic E-state index is 0.0237. The zero-order valence-electron chi connectivity index (χ0n) is 10.6. The second-order valence-corrected chi connectivity index (χ2v) is 4.77. The summed E-state index contributed by atoms with van der Waals surface area (Å²) in [5.74, 6) is -1.35. The smallest absolute Gasteiger partial charge is 0.140 e. The molecule has 1 aliphatic rings. The normalized spacial score (nSPS) is 27.7. The van der Waals surface area contributed by atoms with Gasteiger partial charge in [-0.1, -0.05) is 30.3 Å². The molecule has 4 atom stereocenters. The Labute approximate surface area is 112 Å². The number of nitrogens with zero attached hydrogens (tertiary/aromatic N) is 2. The van der Waals surface area contributed by atoms with Gasteiger partial charge in [-0.3, -0.25) is 5.43 Å². The lowest BCUT2D eigenvalue weighted by Gasteiger charge is -2.28. The van der Waals surface area contributed by atoms with Crippen LogP contribution in [0.4, 0.5) is 0 Å². The first-order valence-electron chi connectivity index (χ1n) is 6.22. The maximum atomic E-state index is 10.0. The van der Waals surface area contributed by atoms with Gasteiger partial charge in [0.15, 0.2) is 0 Å².